The number of aliphatic carboxylic acids is 1. The van der Waals surface area contributed by atoms with Crippen molar-refractivity contribution in [2.24, 2.45) is 39.6 Å². The smallest absolute Gasteiger partial charge is 0.475 e. The van der Waals surface area contributed by atoms with Crippen LogP contribution in [-0.4, -0.2) is 114 Å². The minimum Gasteiger partial charge on any atom is -0.475 e. The van der Waals surface area contributed by atoms with Gasteiger partial charge < -0.3 is 70.1 Å². The highest BCUT2D eigenvalue weighted by Crippen LogP contribution is 2.21. The molecule has 0 saturated carbocycles. The lowest BCUT2D eigenvalue weighted by Gasteiger charge is -2.28. The van der Waals surface area contributed by atoms with Crippen LogP contribution in [0.1, 0.15) is 97.0 Å². The summed E-state index contributed by atoms with van der Waals surface area (Å²) in [6.07, 6.45) is -2.75. The first-order valence-corrected chi connectivity index (χ1v) is 22.2. The van der Waals surface area contributed by atoms with Crippen LogP contribution in [0.5, 0.6) is 0 Å². The molecular weight excluding hydrogens is 918 g/mol. The van der Waals surface area contributed by atoms with E-state index >= 15 is 0 Å². The van der Waals surface area contributed by atoms with Gasteiger partial charge in [-0.15, -0.1) is 0 Å². The summed E-state index contributed by atoms with van der Waals surface area (Å²) in [4.78, 5) is 118. The van der Waals surface area contributed by atoms with Crippen LogP contribution in [0, 0.1) is 12.8 Å². The zero-order chi connectivity index (χ0) is 52.4. The lowest BCUT2D eigenvalue weighted by Crippen LogP contribution is -2.59. The van der Waals surface area contributed by atoms with Crippen molar-refractivity contribution in [2.75, 3.05) is 25.0 Å². The molecule has 1 aromatic carbocycles. The highest BCUT2D eigenvalue weighted by atomic mass is 19.4. The lowest BCUT2D eigenvalue weighted by molar-refractivity contribution is -0.192. The summed E-state index contributed by atoms with van der Waals surface area (Å²) in [7, 11) is 0. The van der Waals surface area contributed by atoms with E-state index in [0.717, 1.165) is 0 Å². The number of benzene rings is 1. The Balaban J connectivity index is 0.00000314. The van der Waals surface area contributed by atoms with Gasteiger partial charge in [-0.05, 0) is 108 Å². The Labute approximate surface area is 396 Å². The van der Waals surface area contributed by atoms with Crippen LogP contribution in [0.25, 0.3) is 11.0 Å². The van der Waals surface area contributed by atoms with E-state index in [9.17, 15) is 51.5 Å². The molecule has 0 saturated heterocycles. The Kier molecular flexibility index (Phi) is 26.6. The van der Waals surface area contributed by atoms with Crippen LogP contribution in [0.3, 0.4) is 0 Å². The van der Waals surface area contributed by atoms with Gasteiger partial charge in [0.25, 0.3) is 0 Å². The Hall–Kier alpha value is -6.83. The summed E-state index contributed by atoms with van der Waals surface area (Å²) in [5.41, 5.74) is 28.3. The molecule has 0 fully saturated rings. The van der Waals surface area contributed by atoms with E-state index in [1.807, 2.05) is 13.8 Å². The molecule has 17 N–H and O–H groups in total. The van der Waals surface area contributed by atoms with E-state index in [0.29, 0.717) is 55.4 Å². The number of anilines is 1. The molecule has 0 bridgehead atoms. The van der Waals surface area contributed by atoms with Gasteiger partial charge in [0.15, 0.2) is 5.96 Å². The molecule has 5 unspecified atom stereocenters. The number of carboxylic acids is 1. The summed E-state index contributed by atoms with van der Waals surface area (Å²) in [6.45, 7) is 7.50. The third kappa shape index (κ3) is 24.1. The van der Waals surface area contributed by atoms with Gasteiger partial charge in [-0.3, -0.25) is 38.6 Å². The molecule has 7 amide bonds. The number of nitrogens with zero attached hydrogens (tertiary/aromatic N) is 1. The maximum absolute atomic E-state index is 14.0. The fraction of sp³-hybridized carbons (Fsp3) is 0.581. The number of carbonyl (C=O) groups excluding carboxylic acids is 7. The maximum Gasteiger partial charge on any atom is 0.490 e. The van der Waals surface area contributed by atoms with Crippen molar-refractivity contribution >= 4 is 69.9 Å². The predicted molar refractivity (Wildman–Crippen MR) is 248 cm³/mol. The third-order valence-electron chi connectivity index (χ3n) is 9.91. The van der Waals surface area contributed by atoms with Crippen molar-refractivity contribution in [3.8, 4) is 0 Å². The number of aliphatic imine (C=N–C) groups is 1. The van der Waals surface area contributed by atoms with Crippen LogP contribution in [-0.2, 0) is 38.4 Å². The zero-order valence-corrected chi connectivity index (χ0v) is 39.2. The van der Waals surface area contributed by atoms with Gasteiger partial charge in [0.05, 0.1) is 0 Å². The second kappa shape index (κ2) is 30.5. The van der Waals surface area contributed by atoms with Gasteiger partial charge in [0.2, 0.25) is 41.4 Å². The summed E-state index contributed by atoms with van der Waals surface area (Å²) in [5, 5.41) is 23.9. The summed E-state index contributed by atoms with van der Waals surface area (Å²) in [6, 6.07) is 0.280. The number of carbonyl (C=O) groups is 8. The van der Waals surface area contributed by atoms with Crippen molar-refractivity contribution in [3.05, 3.63) is 40.2 Å². The Morgan fingerprint density at radius 3 is 1.62 bits per heavy atom. The van der Waals surface area contributed by atoms with Crippen LogP contribution in [0.2, 0.25) is 0 Å². The average Bonchev–Trinajstić information content (AvgIpc) is 3.24. The molecular formula is C43H67F3N12O11. The molecule has 69 heavy (non-hydrogen) atoms. The molecule has 1 aromatic heterocycles. The summed E-state index contributed by atoms with van der Waals surface area (Å²) >= 11 is 0. The SMILES string of the molecule is CC(=O)NC(CCCCN)C(=O)NC(CCC(N)=O)C(=O)NC(CCCCN)C(=O)NC(CC(C)C)C(=O)NC(CCCN=C(N)N)C(=O)Nc1ccc2c(C)cc(=O)oc2c1.O=C(O)C(F)(F)F. The van der Waals surface area contributed by atoms with Gasteiger partial charge in [0, 0.05) is 43.1 Å². The van der Waals surface area contributed by atoms with E-state index in [1.54, 1.807) is 19.1 Å². The number of primary amides is 1. The topological polar surface area (TPSA) is 402 Å². The van der Waals surface area contributed by atoms with Crippen molar-refractivity contribution < 1.29 is 61.1 Å². The standard InChI is InChI=1S/C41H66N12O9.C2HF3O2/c1-23(2)20-32(40(61)51-30(12-9-19-47-41(45)46)36(57)49-26-13-14-27-24(3)21-35(56)62-33(27)22-26)53-38(59)29(11-6-8-18-43)50-39(60)31(15-16-34(44)55)52-37(58)28(48-25(4)54)10-5-7-17-42;3-2(4,5)1(6)7/h13-14,21-23,28-32H,5-12,15-20,42-43H2,1-4H3,(H2,44,55)(H,48,54)(H,49,57)(H,50,60)(H,51,61)(H,52,58)(H,53,59)(H4,45,46,47);(H,6,7). The second-order valence-electron chi connectivity index (χ2n) is 16.4. The molecule has 5 atom stereocenters. The number of hydrogen-bond donors (Lipinski definition) is 12. The van der Waals surface area contributed by atoms with Gasteiger partial charge in [-0.1, -0.05) is 13.8 Å². The molecule has 26 heteroatoms. The number of rotatable bonds is 28. The number of nitrogens with two attached hydrogens (primary N) is 5. The van der Waals surface area contributed by atoms with E-state index in [1.165, 1.54) is 19.1 Å². The molecule has 23 nitrogen and oxygen atoms in total. The van der Waals surface area contributed by atoms with Crippen molar-refractivity contribution in [2.45, 2.75) is 135 Å². The number of carboxylic acid groups (broad SMARTS) is 1. The maximum atomic E-state index is 14.0. The Morgan fingerprint density at radius 1 is 0.696 bits per heavy atom. The van der Waals surface area contributed by atoms with Gasteiger partial charge in [-0.2, -0.15) is 13.2 Å². The first kappa shape index (κ1) is 60.2. The van der Waals surface area contributed by atoms with Crippen molar-refractivity contribution in [1.29, 1.82) is 0 Å². The monoisotopic (exact) mass is 985 g/mol. The average molecular weight is 985 g/mol. The van der Waals surface area contributed by atoms with Crippen LogP contribution in [0.15, 0.2) is 38.5 Å². The molecule has 0 radical (unpaired) electrons. The molecule has 0 aliphatic heterocycles. The lowest BCUT2D eigenvalue weighted by atomic mass is 10.0. The van der Waals surface area contributed by atoms with E-state index in [4.69, 9.17) is 43.0 Å². The molecule has 0 aliphatic carbocycles. The van der Waals surface area contributed by atoms with Crippen molar-refractivity contribution in [3.63, 3.8) is 0 Å². The van der Waals surface area contributed by atoms with Crippen LogP contribution in [0.4, 0.5) is 18.9 Å². The zero-order valence-electron chi connectivity index (χ0n) is 39.2. The van der Waals surface area contributed by atoms with E-state index in [2.05, 4.69) is 36.9 Å². The molecule has 1 heterocycles. The number of amides is 7. The summed E-state index contributed by atoms with van der Waals surface area (Å²) < 4.78 is 37.1. The Morgan fingerprint density at radius 2 is 1.16 bits per heavy atom. The van der Waals surface area contributed by atoms with Crippen LogP contribution < -0.4 is 66.2 Å². The molecule has 2 aromatic rings. The number of fused-ring (bicyclic) bond motifs is 1. The van der Waals surface area contributed by atoms with Crippen LogP contribution >= 0.6 is 0 Å². The fourth-order valence-electron chi connectivity index (χ4n) is 6.52. The second-order valence-corrected chi connectivity index (χ2v) is 16.4. The molecule has 386 valence electrons. The van der Waals surface area contributed by atoms with E-state index in [-0.39, 0.29) is 69.0 Å². The number of unbranched alkanes of at least 4 members (excludes halogenated alkanes) is 2. The first-order chi connectivity index (χ1) is 32.3. The fourth-order valence-corrected chi connectivity index (χ4v) is 6.52. The largest absolute Gasteiger partial charge is 0.490 e. The number of aryl methyl sites for hydroxylation is 1. The van der Waals surface area contributed by atoms with Gasteiger partial charge in [0.1, 0.15) is 35.8 Å². The predicted octanol–water partition coefficient (Wildman–Crippen LogP) is -0.260. The normalized spacial score (nSPS) is 13.2. The first-order valence-electron chi connectivity index (χ1n) is 22.2. The highest BCUT2D eigenvalue weighted by Gasteiger charge is 2.38. The number of hydrogen-bond acceptors (Lipinski definition) is 13. The van der Waals surface area contributed by atoms with Gasteiger partial charge >= 0.3 is 17.8 Å². The third-order valence-corrected chi connectivity index (χ3v) is 9.91. The number of alkyl halides is 3. The quantitative estimate of drug-likeness (QED) is 0.0226. The minimum absolute atomic E-state index is 0.0878. The molecule has 0 aliphatic rings. The molecule has 2 rings (SSSR count). The molecule has 0 spiro atoms. The summed E-state index contributed by atoms with van der Waals surface area (Å²) in [5.74, 6) is -7.75. The highest BCUT2D eigenvalue weighted by molar-refractivity contribution is 6.00. The van der Waals surface area contributed by atoms with E-state index < -0.39 is 89.3 Å². The van der Waals surface area contributed by atoms with Crippen molar-refractivity contribution in [1.82, 2.24) is 26.6 Å². The number of guanidine groups is 1. The van der Waals surface area contributed by atoms with Gasteiger partial charge in [-0.25, -0.2) is 9.59 Å². The Bertz CT molecular complexity index is 2150. The number of nitrogens with one attached hydrogen (secondary N) is 6. The number of halogens is 3. The minimum atomic E-state index is -5.08.